The minimum Gasteiger partial charge on any atom is -0.452 e. The van der Waals surface area contributed by atoms with E-state index in [0.717, 1.165) is 17.0 Å². The van der Waals surface area contributed by atoms with Gasteiger partial charge in [0.05, 0.1) is 12.1 Å². The van der Waals surface area contributed by atoms with E-state index in [1.165, 1.54) is 11.9 Å². The van der Waals surface area contributed by atoms with Gasteiger partial charge in [-0.15, -0.1) is 0 Å². The fourth-order valence-corrected chi connectivity index (χ4v) is 3.30. The van der Waals surface area contributed by atoms with Crippen molar-refractivity contribution in [3.8, 4) is 0 Å². The molecule has 7 nitrogen and oxygen atoms in total. The molecule has 0 saturated heterocycles. The lowest BCUT2D eigenvalue weighted by Gasteiger charge is -2.23. The van der Waals surface area contributed by atoms with Crippen molar-refractivity contribution in [2.45, 2.75) is 34.2 Å². The van der Waals surface area contributed by atoms with Crippen molar-refractivity contribution in [2.24, 2.45) is 0 Å². The Morgan fingerprint density at radius 1 is 1.00 bits per heavy atom. The van der Waals surface area contributed by atoms with Crippen molar-refractivity contribution in [1.82, 2.24) is 14.4 Å². The van der Waals surface area contributed by atoms with Crippen molar-refractivity contribution in [1.29, 1.82) is 0 Å². The molecule has 30 heavy (non-hydrogen) atoms. The predicted octanol–water partition coefficient (Wildman–Crippen LogP) is 2.64. The third kappa shape index (κ3) is 5.72. The average Bonchev–Trinajstić information content (AvgIpc) is 3.01. The molecule has 0 atom stereocenters. The van der Waals surface area contributed by atoms with E-state index in [-0.39, 0.29) is 12.5 Å². The van der Waals surface area contributed by atoms with E-state index >= 15 is 0 Å². The molecule has 162 valence electrons. The van der Waals surface area contributed by atoms with Gasteiger partial charge in [-0.05, 0) is 39.3 Å². The maximum Gasteiger partial charge on any atom is 0.340 e. The van der Waals surface area contributed by atoms with E-state index in [1.54, 1.807) is 11.0 Å². The molecule has 1 heterocycles. The highest BCUT2D eigenvalue weighted by Gasteiger charge is 2.21. The number of nitrogens with zero attached hydrogens (tertiary/aromatic N) is 3. The fraction of sp³-hybridized carbons (Fsp3) is 0.435. The van der Waals surface area contributed by atoms with Gasteiger partial charge in [0.15, 0.2) is 6.61 Å². The Labute approximate surface area is 178 Å². The van der Waals surface area contributed by atoms with Gasteiger partial charge in [-0.25, -0.2) is 4.79 Å². The minimum atomic E-state index is -0.542. The lowest BCUT2D eigenvalue weighted by Crippen LogP contribution is -2.42. The fourth-order valence-electron chi connectivity index (χ4n) is 3.30. The van der Waals surface area contributed by atoms with Crippen molar-refractivity contribution in [3.05, 3.63) is 58.9 Å². The first-order chi connectivity index (χ1) is 14.3. The molecule has 0 radical (unpaired) electrons. The first-order valence-electron chi connectivity index (χ1n) is 10.2. The summed E-state index contributed by atoms with van der Waals surface area (Å²) in [5.74, 6) is -1.09. The lowest BCUT2D eigenvalue weighted by molar-refractivity contribution is -0.140. The summed E-state index contributed by atoms with van der Waals surface area (Å²) in [5, 5.41) is 0. The number of carbonyl (C=O) groups is 3. The van der Waals surface area contributed by atoms with E-state index < -0.39 is 18.5 Å². The molecule has 7 heteroatoms. The van der Waals surface area contributed by atoms with E-state index in [4.69, 9.17) is 4.74 Å². The summed E-state index contributed by atoms with van der Waals surface area (Å²) in [4.78, 5) is 39.9. The number of aromatic nitrogens is 1. The molecular formula is C23H31N3O4. The zero-order valence-electron chi connectivity index (χ0n) is 18.5. The highest BCUT2D eigenvalue weighted by Crippen LogP contribution is 2.18. The van der Waals surface area contributed by atoms with Gasteiger partial charge >= 0.3 is 5.97 Å². The van der Waals surface area contributed by atoms with Crippen LogP contribution in [0.4, 0.5) is 0 Å². The van der Waals surface area contributed by atoms with Gasteiger partial charge in [0.25, 0.3) is 5.91 Å². The number of likely N-dealkylation sites (N-methyl/N-ethyl adjacent to an activating group) is 2. The molecule has 0 bridgehead atoms. The van der Waals surface area contributed by atoms with Crippen LogP contribution in [0.5, 0.6) is 0 Å². The van der Waals surface area contributed by atoms with Gasteiger partial charge < -0.3 is 19.1 Å². The van der Waals surface area contributed by atoms with Gasteiger partial charge in [-0.2, -0.15) is 0 Å². The number of benzene rings is 1. The van der Waals surface area contributed by atoms with Crippen LogP contribution in [0.15, 0.2) is 36.4 Å². The molecule has 0 N–H and O–H groups in total. The average molecular weight is 414 g/mol. The Kier molecular flexibility index (Phi) is 8.21. The van der Waals surface area contributed by atoms with E-state index in [1.807, 2.05) is 62.6 Å². The standard InChI is InChI=1S/C23H31N3O4/c1-6-25(7-2)21(27)15-24(5)22(28)16-30-23(29)20-13-17(3)26(18(20)4)14-19-11-9-8-10-12-19/h8-13H,6-7,14-16H2,1-5H3. The smallest absolute Gasteiger partial charge is 0.340 e. The number of hydrogen-bond donors (Lipinski definition) is 0. The first-order valence-corrected chi connectivity index (χ1v) is 10.2. The maximum atomic E-state index is 12.6. The van der Waals surface area contributed by atoms with Crippen LogP contribution in [0.2, 0.25) is 0 Å². The highest BCUT2D eigenvalue weighted by molar-refractivity contribution is 5.93. The Morgan fingerprint density at radius 2 is 1.63 bits per heavy atom. The summed E-state index contributed by atoms with van der Waals surface area (Å²) >= 11 is 0. The molecule has 2 amide bonds. The molecular weight excluding hydrogens is 382 g/mol. The van der Waals surface area contributed by atoms with Gasteiger partial charge in [0, 0.05) is 38.1 Å². The molecule has 0 spiro atoms. The van der Waals surface area contributed by atoms with Crippen molar-refractivity contribution < 1.29 is 19.1 Å². The third-order valence-corrected chi connectivity index (χ3v) is 5.22. The summed E-state index contributed by atoms with van der Waals surface area (Å²) in [6.07, 6.45) is 0. The SMILES string of the molecule is CCN(CC)C(=O)CN(C)C(=O)COC(=O)c1cc(C)n(Cc2ccccc2)c1C. The number of aryl methyl sites for hydroxylation is 1. The quantitative estimate of drug-likeness (QED) is 0.593. The summed E-state index contributed by atoms with van der Waals surface area (Å²) in [6, 6.07) is 11.8. The first kappa shape index (κ1) is 23.2. The number of carbonyl (C=O) groups excluding carboxylic acids is 3. The van der Waals surface area contributed by atoms with Crippen LogP contribution in [0.1, 0.15) is 41.2 Å². The minimum absolute atomic E-state index is 0.0380. The summed E-state index contributed by atoms with van der Waals surface area (Å²) in [6.45, 7) is 8.97. The van der Waals surface area contributed by atoms with Crippen LogP contribution in [0.3, 0.4) is 0 Å². The molecule has 0 aliphatic rings. The molecule has 2 rings (SSSR count). The zero-order valence-corrected chi connectivity index (χ0v) is 18.5. The molecule has 1 aromatic heterocycles. The van der Waals surface area contributed by atoms with Gasteiger partial charge in [-0.1, -0.05) is 30.3 Å². The Balaban J connectivity index is 1.97. The normalized spacial score (nSPS) is 10.6. The molecule has 0 saturated carbocycles. The second kappa shape index (κ2) is 10.6. The van der Waals surface area contributed by atoms with Gasteiger partial charge in [-0.3, -0.25) is 9.59 Å². The Hall–Kier alpha value is -3.09. The molecule has 0 aliphatic heterocycles. The Bertz CT molecular complexity index is 885. The van der Waals surface area contributed by atoms with Crippen LogP contribution in [-0.4, -0.2) is 65.4 Å². The monoisotopic (exact) mass is 413 g/mol. The van der Waals surface area contributed by atoms with Gasteiger partial charge in [0.1, 0.15) is 0 Å². The molecule has 0 unspecified atom stereocenters. The maximum absolute atomic E-state index is 12.6. The Morgan fingerprint density at radius 3 is 2.23 bits per heavy atom. The van der Waals surface area contributed by atoms with Crippen LogP contribution in [0, 0.1) is 13.8 Å². The number of esters is 1. The van der Waals surface area contributed by atoms with Gasteiger partial charge in [0.2, 0.25) is 5.91 Å². The second-order valence-corrected chi connectivity index (χ2v) is 7.25. The van der Waals surface area contributed by atoms with Crippen molar-refractivity contribution in [2.75, 3.05) is 33.3 Å². The van der Waals surface area contributed by atoms with Crippen LogP contribution < -0.4 is 0 Å². The number of hydrogen-bond acceptors (Lipinski definition) is 4. The number of ether oxygens (including phenoxy) is 1. The van der Waals surface area contributed by atoms with Crippen molar-refractivity contribution in [3.63, 3.8) is 0 Å². The number of rotatable bonds is 9. The largest absolute Gasteiger partial charge is 0.452 e. The lowest BCUT2D eigenvalue weighted by atomic mass is 10.2. The zero-order chi connectivity index (χ0) is 22.3. The van der Waals surface area contributed by atoms with Crippen LogP contribution in [-0.2, 0) is 20.9 Å². The summed E-state index contributed by atoms with van der Waals surface area (Å²) < 4.78 is 7.28. The second-order valence-electron chi connectivity index (χ2n) is 7.25. The topological polar surface area (TPSA) is 71.9 Å². The van der Waals surface area contributed by atoms with Crippen LogP contribution in [0.25, 0.3) is 0 Å². The highest BCUT2D eigenvalue weighted by atomic mass is 16.5. The molecule has 0 fully saturated rings. The van der Waals surface area contributed by atoms with Crippen molar-refractivity contribution >= 4 is 17.8 Å². The molecule has 2 aromatic rings. The number of amides is 2. The van der Waals surface area contributed by atoms with Crippen LogP contribution >= 0.6 is 0 Å². The molecule has 1 aromatic carbocycles. The predicted molar refractivity (Wildman–Crippen MR) is 115 cm³/mol. The molecule has 0 aliphatic carbocycles. The third-order valence-electron chi connectivity index (χ3n) is 5.22. The summed E-state index contributed by atoms with van der Waals surface area (Å²) in [7, 11) is 1.53. The van der Waals surface area contributed by atoms with E-state index in [9.17, 15) is 14.4 Å². The summed E-state index contributed by atoms with van der Waals surface area (Å²) in [5.41, 5.74) is 3.31. The van der Waals surface area contributed by atoms with E-state index in [2.05, 4.69) is 0 Å². The van der Waals surface area contributed by atoms with E-state index in [0.29, 0.717) is 25.2 Å².